The Morgan fingerprint density at radius 3 is 2.39 bits per heavy atom. The van der Waals surface area contributed by atoms with Crippen molar-refractivity contribution in [1.82, 2.24) is 15.5 Å². The third-order valence-electron chi connectivity index (χ3n) is 5.09. The molecule has 2 aromatic rings. The topological polar surface area (TPSA) is 48.9 Å². The molecule has 0 bridgehead atoms. The molecule has 28 heavy (non-hydrogen) atoms. The predicted octanol–water partition coefficient (Wildman–Crippen LogP) is 3.82. The minimum atomic E-state index is 0. The number of halogens is 1. The summed E-state index contributed by atoms with van der Waals surface area (Å²) >= 11 is 0. The number of hydrogen-bond acceptors (Lipinski definition) is 3. The summed E-state index contributed by atoms with van der Waals surface area (Å²) in [5.74, 6) is 1.70. The minimum absolute atomic E-state index is 0. The number of nitrogens with zero attached hydrogens (tertiary/aromatic N) is 2. The molecule has 0 aromatic heterocycles. The van der Waals surface area contributed by atoms with E-state index in [1.54, 1.807) is 7.11 Å². The van der Waals surface area contributed by atoms with E-state index in [1.807, 2.05) is 25.2 Å². The molecule has 1 aliphatic rings. The number of likely N-dealkylation sites (tertiary alicyclic amines) is 1. The summed E-state index contributed by atoms with van der Waals surface area (Å²) in [7, 11) is 3.51. The number of para-hydroxylation sites is 1. The highest BCUT2D eigenvalue weighted by atomic mass is 127. The van der Waals surface area contributed by atoms with Gasteiger partial charge in [0.05, 0.1) is 13.2 Å². The van der Waals surface area contributed by atoms with Crippen LogP contribution in [0.4, 0.5) is 0 Å². The molecule has 0 amide bonds. The van der Waals surface area contributed by atoms with E-state index >= 15 is 0 Å². The normalized spacial score (nSPS) is 15.6. The van der Waals surface area contributed by atoms with Gasteiger partial charge in [0.1, 0.15) is 5.75 Å². The molecule has 1 unspecified atom stereocenters. The van der Waals surface area contributed by atoms with Crippen LogP contribution in [-0.2, 0) is 6.54 Å². The second-order valence-electron chi connectivity index (χ2n) is 6.79. The van der Waals surface area contributed by atoms with Gasteiger partial charge in [-0.15, -0.1) is 24.0 Å². The molecule has 6 heteroatoms. The fraction of sp³-hybridized carbons (Fsp3) is 0.409. The maximum atomic E-state index is 5.43. The summed E-state index contributed by atoms with van der Waals surface area (Å²) in [4.78, 5) is 6.95. The number of hydrogen-bond donors (Lipinski definition) is 2. The van der Waals surface area contributed by atoms with Gasteiger partial charge in [0.15, 0.2) is 5.96 Å². The monoisotopic (exact) mass is 494 g/mol. The van der Waals surface area contributed by atoms with Gasteiger partial charge in [-0.05, 0) is 37.6 Å². The molecule has 1 heterocycles. The lowest BCUT2D eigenvalue weighted by atomic mass is 10.1. The van der Waals surface area contributed by atoms with Crippen LogP contribution in [0.1, 0.15) is 30.0 Å². The van der Waals surface area contributed by atoms with Crippen LogP contribution in [0, 0.1) is 0 Å². The largest absolute Gasteiger partial charge is 0.496 e. The van der Waals surface area contributed by atoms with Gasteiger partial charge in [0.2, 0.25) is 0 Å². The number of nitrogens with one attached hydrogen (secondary N) is 2. The molecule has 3 rings (SSSR count). The molecule has 5 nitrogen and oxygen atoms in total. The highest BCUT2D eigenvalue weighted by Crippen LogP contribution is 2.24. The van der Waals surface area contributed by atoms with Crippen molar-refractivity contribution < 1.29 is 4.74 Å². The minimum Gasteiger partial charge on any atom is -0.496 e. The average Bonchev–Trinajstić information content (AvgIpc) is 3.26. The lowest BCUT2D eigenvalue weighted by Gasteiger charge is -2.29. The molecule has 2 N–H and O–H groups in total. The molecular weight excluding hydrogens is 463 g/mol. The first-order valence-corrected chi connectivity index (χ1v) is 9.67. The van der Waals surface area contributed by atoms with E-state index in [0.717, 1.165) is 36.9 Å². The van der Waals surface area contributed by atoms with Crippen LogP contribution in [0.3, 0.4) is 0 Å². The third-order valence-corrected chi connectivity index (χ3v) is 5.09. The van der Waals surface area contributed by atoms with E-state index in [0.29, 0.717) is 12.6 Å². The van der Waals surface area contributed by atoms with Gasteiger partial charge in [0.25, 0.3) is 0 Å². The maximum absolute atomic E-state index is 5.43. The lowest BCUT2D eigenvalue weighted by molar-refractivity contribution is 0.245. The Balaban J connectivity index is 0.00000280. The average molecular weight is 494 g/mol. The summed E-state index contributed by atoms with van der Waals surface area (Å²) in [5, 5.41) is 6.91. The standard InChI is InChI=1S/C22H30N4O.HI/c1-23-22(24-16-19-12-6-7-13-21(19)27-2)25-17-20(26-14-8-9-15-26)18-10-4-3-5-11-18;/h3-7,10-13,20H,8-9,14-17H2,1-2H3,(H2,23,24,25);1H. The molecule has 1 fully saturated rings. The molecule has 1 aliphatic heterocycles. The predicted molar refractivity (Wildman–Crippen MR) is 127 cm³/mol. The zero-order valence-electron chi connectivity index (χ0n) is 16.7. The molecule has 0 saturated carbocycles. The first kappa shape index (κ1) is 22.5. The maximum Gasteiger partial charge on any atom is 0.191 e. The Bertz CT molecular complexity index is 732. The van der Waals surface area contributed by atoms with E-state index in [-0.39, 0.29) is 24.0 Å². The van der Waals surface area contributed by atoms with Gasteiger partial charge in [0, 0.05) is 25.7 Å². The first-order chi connectivity index (χ1) is 13.3. The summed E-state index contributed by atoms with van der Waals surface area (Å²) < 4.78 is 5.43. The summed E-state index contributed by atoms with van der Waals surface area (Å²) in [6.45, 7) is 3.82. The Morgan fingerprint density at radius 2 is 1.71 bits per heavy atom. The molecule has 0 aliphatic carbocycles. The Hall–Kier alpha value is -1.80. The van der Waals surface area contributed by atoms with Gasteiger partial charge < -0.3 is 15.4 Å². The summed E-state index contributed by atoms with van der Waals surface area (Å²) in [6, 6.07) is 19.2. The van der Waals surface area contributed by atoms with E-state index in [4.69, 9.17) is 4.74 Å². The molecule has 152 valence electrons. The van der Waals surface area contributed by atoms with Gasteiger partial charge >= 0.3 is 0 Å². The van der Waals surface area contributed by atoms with Crippen molar-refractivity contribution in [3.63, 3.8) is 0 Å². The van der Waals surface area contributed by atoms with Gasteiger partial charge in [-0.1, -0.05) is 48.5 Å². The van der Waals surface area contributed by atoms with Crippen LogP contribution in [0.15, 0.2) is 59.6 Å². The van der Waals surface area contributed by atoms with Crippen LogP contribution in [0.5, 0.6) is 5.75 Å². The van der Waals surface area contributed by atoms with Crippen LogP contribution in [-0.4, -0.2) is 44.7 Å². The van der Waals surface area contributed by atoms with Crippen molar-refractivity contribution in [1.29, 1.82) is 0 Å². The zero-order valence-corrected chi connectivity index (χ0v) is 19.1. The molecule has 0 radical (unpaired) electrons. The number of ether oxygens (including phenoxy) is 1. The highest BCUT2D eigenvalue weighted by Gasteiger charge is 2.23. The summed E-state index contributed by atoms with van der Waals surface area (Å²) in [6.07, 6.45) is 2.56. The van der Waals surface area contributed by atoms with E-state index in [9.17, 15) is 0 Å². The molecule has 0 spiro atoms. The van der Waals surface area contributed by atoms with Gasteiger partial charge in [-0.25, -0.2) is 0 Å². The van der Waals surface area contributed by atoms with Gasteiger partial charge in [-0.3, -0.25) is 9.89 Å². The number of benzene rings is 2. The van der Waals surface area contributed by atoms with E-state index < -0.39 is 0 Å². The van der Waals surface area contributed by atoms with Crippen LogP contribution >= 0.6 is 24.0 Å². The molecule has 2 aromatic carbocycles. The van der Waals surface area contributed by atoms with Crippen molar-refractivity contribution in [3.8, 4) is 5.75 Å². The molecule has 1 atom stereocenters. The van der Waals surface area contributed by atoms with E-state index in [1.165, 1.54) is 18.4 Å². The van der Waals surface area contributed by atoms with E-state index in [2.05, 4.69) is 56.9 Å². The van der Waals surface area contributed by atoms with Gasteiger partial charge in [-0.2, -0.15) is 0 Å². The third kappa shape index (κ3) is 6.10. The number of rotatable bonds is 7. The van der Waals surface area contributed by atoms with Crippen molar-refractivity contribution >= 4 is 29.9 Å². The second-order valence-corrected chi connectivity index (χ2v) is 6.79. The van der Waals surface area contributed by atoms with Crippen molar-refractivity contribution in [2.75, 3.05) is 33.8 Å². The fourth-order valence-electron chi connectivity index (χ4n) is 3.63. The van der Waals surface area contributed by atoms with Crippen LogP contribution in [0.25, 0.3) is 0 Å². The number of methoxy groups -OCH3 is 1. The van der Waals surface area contributed by atoms with Crippen LogP contribution < -0.4 is 15.4 Å². The second kappa shape index (κ2) is 11.9. The number of aliphatic imine (C=N–C) groups is 1. The molecule has 1 saturated heterocycles. The zero-order chi connectivity index (χ0) is 18.9. The quantitative estimate of drug-likeness (QED) is 0.349. The number of guanidine groups is 1. The van der Waals surface area contributed by atoms with Crippen LogP contribution in [0.2, 0.25) is 0 Å². The van der Waals surface area contributed by atoms with Crippen molar-refractivity contribution in [2.24, 2.45) is 4.99 Å². The highest BCUT2D eigenvalue weighted by molar-refractivity contribution is 14.0. The Kier molecular flexibility index (Phi) is 9.57. The fourth-order valence-corrected chi connectivity index (χ4v) is 3.63. The van der Waals surface area contributed by atoms with Crippen molar-refractivity contribution in [3.05, 3.63) is 65.7 Å². The Morgan fingerprint density at radius 1 is 1.04 bits per heavy atom. The smallest absolute Gasteiger partial charge is 0.191 e. The Labute approximate surface area is 185 Å². The SMILES string of the molecule is CN=C(NCc1ccccc1OC)NCC(c1ccccc1)N1CCCC1.I. The van der Waals surface area contributed by atoms with Crippen molar-refractivity contribution in [2.45, 2.75) is 25.4 Å². The molecular formula is C22H31IN4O. The lowest BCUT2D eigenvalue weighted by Crippen LogP contribution is -2.42. The summed E-state index contributed by atoms with van der Waals surface area (Å²) in [5.41, 5.74) is 2.47. The first-order valence-electron chi connectivity index (χ1n) is 9.67.